The molecule has 1 heterocycles. The second-order valence-electron chi connectivity index (χ2n) is 5.35. The van der Waals surface area contributed by atoms with Crippen molar-refractivity contribution in [2.45, 2.75) is 51.9 Å². The number of imide groups is 1. The van der Waals surface area contributed by atoms with Crippen LogP contribution in [0, 0.1) is 0 Å². The van der Waals surface area contributed by atoms with Crippen molar-refractivity contribution in [3.63, 3.8) is 0 Å². The molecule has 0 spiro atoms. The third-order valence-corrected chi connectivity index (χ3v) is 3.23. The van der Waals surface area contributed by atoms with E-state index in [0.717, 1.165) is 6.42 Å². The van der Waals surface area contributed by atoms with E-state index >= 15 is 0 Å². The molecule has 1 rings (SSSR count). The van der Waals surface area contributed by atoms with Crippen LogP contribution < -0.4 is 10.6 Å². The molecule has 4 amide bonds. The number of hydrogen-bond acceptors (Lipinski definition) is 6. The van der Waals surface area contributed by atoms with Gasteiger partial charge in [-0.15, -0.1) is 5.06 Å². The molecule has 9 nitrogen and oxygen atoms in total. The number of amides is 4. The predicted octanol–water partition coefficient (Wildman–Crippen LogP) is -0.204. The lowest BCUT2D eigenvalue weighted by Gasteiger charge is -2.12. The summed E-state index contributed by atoms with van der Waals surface area (Å²) < 4.78 is 0. The van der Waals surface area contributed by atoms with Crippen molar-refractivity contribution in [3.05, 3.63) is 0 Å². The topological polar surface area (TPSA) is 122 Å². The van der Waals surface area contributed by atoms with Crippen LogP contribution >= 0.6 is 0 Å². The van der Waals surface area contributed by atoms with Gasteiger partial charge in [-0.1, -0.05) is 6.92 Å². The van der Waals surface area contributed by atoms with E-state index < -0.39 is 17.8 Å². The fourth-order valence-corrected chi connectivity index (χ4v) is 1.99. The highest BCUT2D eigenvalue weighted by Crippen LogP contribution is 2.12. The molecule has 24 heavy (non-hydrogen) atoms. The molecule has 1 saturated heterocycles. The van der Waals surface area contributed by atoms with Crippen LogP contribution in [0.1, 0.15) is 51.9 Å². The van der Waals surface area contributed by atoms with Gasteiger partial charge in [0.2, 0.25) is 11.8 Å². The highest BCUT2D eigenvalue weighted by atomic mass is 16.7. The summed E-state index contributed by atoms with van der Waals surface area (Å²) in [6.07, 6.45) is 1.76. The smallest absolute Gasteiger partial charge is 0.333 e. The molecular weight excluding hydrogens is 318 g/mol. The highest BCUT2D eigenvalue weighted by Gasteiger charge is 2.32. The van der Waals surface area contributed by atoms with Crippen molar-refractivity contribution in [1.82, 2.24) is 15.7 Å². The van der Waals surface area contributed by atoms with Crippen LogP contribution in [0.25, 0.3) is 0 Å². The van der Waals surface area contributed by atoms with Gasteiger partial charge in [0.25, 0.3) is 11.8 Å². The molecule has 0 aromatic carbocycles. The Morgan fingerprint density at radius 3 is 2.17 bits per heavy atom. The molecule has 0 atom stereocenters. The zero-order chi connectivity index (χ0) is 17.9. The molecule has 2 N–H and O–H groups in total. The van der Waals surface area contributed by atoms with E-state index in [4.69, 9.17) is 4.84 Å². The summed E-state index contributed by atoms with van der Waals surface area (Å²) >= 11 is 0. The third-order valence-electron chi connectivity index (χ3n) is 3.23. The van der Waals surface area contributed by atoms with E-state index in [0.29, 0.717) is 17.9 Å². The summed E-state index contributed by atoms with van der Waals surface area (Å²) in [5.74, 6) is -2.05. The van der Waals surface area contributed by atoms with Crippen LogP contribution in [-0.4, -0.2) is 47.8 Å². The zero-order valence-corrected chi connectivity index (χ0v) is 13.8. The summed E-state index contributed by atoms with van der Waals surface area (Å²) in [5, 5.41) is 5.74. The molecular formula is C15H23N3O6. The van der Waals surface area contributed by atoms with Crippen molar-refractivity contribution in [1.29, 1.82) is 0 Å². The lowest BCUT2D eigenvalue weighted by molar-refractivity contribution is -0.197. The Morgan fingerprint density at radius 2 is 1.54 bits per heavy atom. The number of rotatable bonds is 10. The van der Waals surface area contributed by atoms with E-state index in [1.165, 1.54) is 0 Å². The fraction of sp³-hybridized carbons (Fsp3) is 0.667. The van der Waals surface area contributed by atoms with Crippen molar-refractivity contribution in [3.8, 4) is 0 Å². The molecule has 9 heteroatoms. The largest absolute Gasteiger partial charge is 0.356 e. The van der Waals surface area contributed by atoms with E-state index in [2.05, 4.69) is 10.6 Å². The first-order valence-corrected chi connectivity index (χ1v) is 8.04. The molecule has 134 valence electrons. The minimum atomic E-state index is -0.695. The molecule has 0 aromatic heterocycles. The number of carbonyl (C=O) groups is 5. The SMILES string of the molecule is CCCC(=O)NCCC(=O)NCCCC(=O)ON1C(=O)CCC1=O. The van der Waals surface area contributed by atoms with Gasteiger partial charge in [0.15, 0.2) is 0 Å². The monoisotopic (exact) mass is 341 g/mol. The average Bonchev–Trinajstić information content (AvgIpc) is 2.84. The van der Waals surface area contributed by atoms with E-state index in [-0.39, 0.29) is 50.6 Å². The normalized spacial score (nSPS) is 13.8. The Labute approximate surface area is 140 Å². The minimum absolute atomic E-state index is 0.0232. The Bertz CT molecular complexity index is 489. The fourth-order valence-electron chi connectivity index (χ4n) is 1.99. The Hall–Kier alpha value is -2.45. The molecule has 0 aromatic rings. The van der Waals surface area contributed by atoms with E-state index in [1.807, 2.05) is 6.92 Å². The highest BCUT2D eigenvalue weighted by molar-refractivity contribution is 6.01. The van der Waals surface area contributed by atoms with Crippen LogP contribution in [-0.2, 0) is 28.8 Å². The molecule has 0 radical (unpaired) electrons. The Kier molecular flexibility index (Phi) is 8.45. The summed E-state index contributed by atoms with van der Waals surface area (Å²) in [4.78, 5) is 61.5. The van der Waals surface area contributed by atoms with Crippen LogP contribution in [0.3, 0.4) is 0 Å². The molecule has 1 aliphatic rings. The lowest BCUT2D eigenvalue weighted by atomic mass is 10.3. The molecule has 0 aliphatic carbocycles. The summed E-state index contributed by atoms with van der Waals surface area (Å²) in [6.45, 7) is 2.43. The van der Waals surface area contributed by atoms with Crippen LogP contribution in [0.4, 0.5) is 0 Å². The summed E-state index contributed by atoms with van der Waals surface area (Å²) in [7, 11) is 0. The van der Waals surface area contributed by atoms with Crippen LogP contribution in [0.5, 0.6) is 0 Å². The summed E-state index contributed by atoms with van der Waals surface area (Å²) in [6, 6.07) is 0. The first kappa shape index (κ1) is 19.6. The number of hydrogen-bond donors (Lipinski definition) is 2. The maximum absolute atomic E-state index is 11.5. The van der Waals surface area contributed by atoms with Gasteiger partial charge in [-0.3, -0.25) is 19.2 Å². The van der Waals surface area contributed by atoms with Gasteiger partial charge in [-0.05, 0) is 12.8 Å². The average molecular weight is 341 g/mol. The van der Waals surface area contributed by atoms with Gasteiger partial charge in [0, 0.05) is 45.2 Å². The number of nitrogens with one attached hydrogen (secondary N) is 2. The van der Waals surface area contributed by atoms with Gasteiger partial charge >= 0.3 is 5.97 Å². The quantitative estimate of drug-likeness (QED) is 0.419. The molecule has 1 aliphatic heterocycles. The number of carbonyl (C=O) groups excluding carboxylic acids is 5. The minimum Gasteiger partial charge on any atom is -0.356 e. The first-order chi connectivity index (χ1) is 11.4. The van der Waals surface area contributed by atoms with Gasteiger partial charge in [-0.2, -0.15) is 0 Å². The maximum Gasteiger partial charge on any atom is 0.333 e. The first-order valence-electron chi connectivity index (χ1n) is 8.04. The van der Waals surface area contributed by atoms with Gasteiger partial charge < -0.3 is 15.5 Å². The molecule has 0 saturated carbocycles. The van der Waals surface area contributed by atoms with Crippen molar-refractivity contribution >= 4 is 29.6 Å². The summed E-state index contributed by atoms with van der Waals surface area (Å²) in [5.41, 5.74) is 0. The van der Waals surface area contributed by atoms with Crippen molar-refractivity contribution < 1.29 is 28.8 Å². The van der Waals surface area contributed by atoms with Crippen molar-refractivity contribution in [2.75, 3.05) is 13.1 Å². The standard InChI is InChI=1S/C15H23N3O6/c1-2-4-11(19)17-10-8-12(20)16-9-3-5-15(23)24-18-13(21)6-7-14(18)22/h2-10H2,1H3,(H,16,20)(H,17,19). The van der Waals surface area contributed by atoms with Gasteiger partial charge in [0.05, 0.1) is 0 Å². The van der Waals surface area contributed by atoms with Gasteiger partial charge in [-0.25, -0.2) is 4.79 Å². The second kappa shape index (κ2) is 10.3. The Morgan fingerprint density at radius 1 is 0.958 bits per heavy atom. The predicted molar refractivity (Wildman–Crippen MR) is 82.0 cm³/mol. The number of nitrogens with zero attached hydrogens (tertiary/aromatic N) is 1. The lowest BCUT2D eigenvalue weighted by Crippen LogP contribution is -2.33. The zero-order valence-electron chi connectivity index (χ0n) is 13.8. The molecule has 0 unspecified atom stereocenters. The third kappa shape index (κ3) is 7.21. The van der Waals surface area contributed by atoms with E-state index in [9.17, 15) is 24.0 Å². The van der Waals surface area contributed by atoms with Crippen LogP contribution in [0.2, 0.25) is 0 Å². The second-order valence-corrected chi connectivity index (χ2v) is 5.35. The molecule has 0 bridgehead atoms. The van der Waals surface area contributed by atoms with Crippen molar-refractivity contribution in [2.24, 2.45) is 0 Å². The van der Waals surface area contributed by atoms with Gasteiger partial charge in [0.1, 0.15) is 0 Å². The maximum atomic E-state index is 11.5. The Balaban J connectivity index is 2.07. The number of hydroxylamine groups is 2. The van der Waals surface area contributed by atoms with E-state index in [1.54, 1.807) is 0 Å². The molecule has 1 fully saturated rings. The van der Waals surface area contributed by atoms with Crippen LogP contribution in [0.15, 0.2) is 0 Å².